The Morgan fingerprint density at radius 1 is 1.10 bits per heavy atom. The number of nitrogens with zero attached hydrogens (tertiary/aromatic N) is 4. The molecule has 2 amide bonds. The number of carbonyl (C=O) groups excluding carboxylic acids is 2. The second kappa shape index (κ2) is 9.07. The Labute approximate surface area is 179 Å². The molecule has 0 radical (unpaired) electrons. The van der Waals surface area contributed by atoms with Gasteiger partial charge in [0.25, 0.3) is 5.91 Å². The SMILES string of the molecule is CN(C(=O)C1CCN(C(=O)c2ccno2)CC1)C(c1ccc(F)cc1)c1ccccn1. The van der Waals surface area contributed by atoms with Gasteiger partial charge >= 0.3 is 0 Å². The number of aromatic nitrogens is 2. The molecule has 0 saturated carbocycles. The van der Waals surface area contributed by atoms with Crippen LogP contribution in [0.3, 0.4) is 0 Å². The van der Waals surface area contributed by atoms with E-state index in [9.17, 15) is 14.0 Å². The van der Waals surface area contributed by atoms with Crippen molar-refractivity contribution in [3.8, 4) is 0 Å². The fraction of sp³-hybridized carbons (Fsp3) is 0.304. The minimum atomic E-state index is -0.428. The molecule has 1 saturated heterocycles. The number of pyridine rings is 1. The zero-order chi connectivity index (χ0) is 21.8. The van der Waals surface area contributed by atoms with Gasteiger partial charge in [0.05, 0.1) is 17.9 Å². The van der Waals surface area contributed by atoms with Crippen molar-refractivity contribution >= 4 is 11.8 Å². The summed E-state index contributed by atoms with van der Waals surface area (Å²) < 4.78 is 18.4. The highest BCUT2D eigenvalue weighted by Gasteiger charge is 2.33. The number of rotatable bonds is 5. The highest BCUT2D eigenvalue weighted by molar-refractivity contribution is 5.91. The van der Waals surface area contributed by atoms with E-state index in [1.54, 1.807) is 35.2 Å². The summed E-state index contributed by atoms with van der Waals surface area (Å²) in [6, 6.07) is 12.8. The fourth-order valence-electron chi connectivity index (χ4n) is 4.00. The van der Waals surface area contributed by atoms with Gasteiger partial charge in [0.1, 0.15) is 5.82 Å². The van der Waals surface area contributed by atoms with E-state index in [2.05, 4.69) is 10.1 Å². The fourth-order valence-corrected chi connectivity index (χ4v) is 4.00. The Kier molecular flexibility index (Phi) is 6.06. The van der Waals surface area contributed by atoms with E-state index in [-0.39, 0.29) is 29.3 Å². The van der Waals surface area contributed by atoms with Crippen LogP contribution in [0.4, 0.5) is 4.39 Å². The van der Waals surface area contributed by atoms with Gasteiger partial charge in [-0.05, 0) is 42.7 Å². The van der Waals surface area contributed by atoms with Gasteiger partial charge in [0.15, 0.2) is 0 Å². The van der Waals surface area contributed by atoms with Crippen LogP contribution in [-0.4, -0.2) is 51.9 Å². The summed E-state index contributed by atoms with van der Waals surface area (Å²) in [5, 5.41) is 3.57. The van der Waals surface area contributed by atoms with Crippen LogP contribution >= 0.6 is 0 Å². The van der Waals surface area contributed by atoms with Gasteiger partial charge in [-0.15, -0.1) is 0 Å². The van der Waals surface area contributed by atoms with Gasteiger partial charge < -0.3 is 14.3 Å². The summed E-state index contributed by atoms with van der Waals surface area (Å²) in [7, 11) is 1.75. The number of benzene rings is 1. The summed E-state index contributed by atoms with van der Waals surface area (Å²) in [4.78, 5) is 33.6. The predicted molar refractivity (Wildman–Crippen MR) is 110 cm³/mol. The summed E-state index contributed by atoms with van der Waals surface area (Å²) >= 11 is 0. The molecule has 1 fully saturated rings. The van der Waals surface area contributed by atoms with Gasteiger partial charge in [-0.1, -0.05) is 23.4 Å². The molecule has 4 rings (SSSR count). The van der Waals surface area contributed by atoms with E-state index in [1.807, 2.05) is 18.2 Å². The van der Waals surface area contributed by atoms with Crippen LogP contribution in [-0.2, 0) is 4.79 Å². The van der Waals surface area contributed by atoms with Gasteiger partial charge in [-0.25, -0.2) is 4.39 Å². The first-order valence-electron chi connectivity index (χ1n) is 10.2. The van der Waals surface area contributed by atoms with E-state index in [1.165, 1.54) is 24.4 Å². The molecule has 1 aliphatic rings. The van der Waals surface area contributed by atoms with Crippen molar-refractivity contribution in [3.05, 3.63) is 83.8 Å². The molecule has 31 heavy (non-hydrogen) atoms. The van der Waals surface area contributed by atoms with Crippen molar-refractivity contribution in [1.29, 1.82) is 0 Å². The molecule has 0 spiro atoms. The van der Waals surface area contributed by atoms with Gasteiger partial charge in [0, 0.05) is 38.3 Å². The molecule has 1 aromatic carbocycles. The Morgan fingerprint density at radius 2 is 1.84 bits per heavy atom. The minimum absolute atomic E-state index is 0.0215. The van der Waals surface area contributed by atoms with Crippen molar-refractivity contribution in [2.24, 2.45) is 5.92 Å². The standard InChI is InChI=1S/C23H23FN4O3/c1-27(21(19-4-2-3-12-25-19)16-5-7-18(24)8-6-16)22(29)17-10-14-28(15-11-17)23(30)20-9-13-26-31-20/h2-9,12-13,17,21H,10-11,14-15H2,1H3. The van der Waals surface area contributed by atoms with Crippen LogP contribution in [0.15, 0.2) is 65.4 Å². The minimum Gasteiger partial charge on any atom is -0.351 e. The van der Waals surface area contributed by atoms with Gasteiger partial charge in [0.2, 0.25) is 11.7 Å². The van der Waals surface area contributed by atoms with E-state index in [0.29, 0.717) is 31.6 Å². The Hall–Kier alpha value is -3.55. The molecule has 1 aliphatic heterocycles. The first-order valence-corrected chi connectivity index (χ1v) is 10.2. The van der Waals surface area contributed by atoms with Crippen molar-refractivity contribution in [3.63, 3.8) is 0 Å². The second-order valence-electron chi connectivity index (χ2n) is 7.60. The van der Waals surface area contributed by atoms with Crippen molar-refractivity contribution in [2.75, 3.05) is 20.1 Å². The molecule has 0 bridgehead atoms. The molecule has 3 aromatic rings. The molecule has 7 nitrogen and oxygen atoms in total. The normalized spacial score (nSPS) is 15.5. The van der Waals surface area contributed by atoms with E-state index in [0.717, 1.165) is 5.56 Å². The van der Waals surface area contributed by atoms with E-state index >= 15 is 0 Å². The lowest BCUT2D eigenvalue weighted by atomic mass is 9.93. The van der Waals surface area contributed by atoms with Crippen LogP contribution in [0.1, 0.15) is 40.7 Å². The molecule has 0 aliphatic carbocycles. The summed E-state index contributed by atoms with van der Waals surface area (Å²) in [5.74, 6) is -0.577. The molecule has 3 heterocycles. The molecule has 2 aromatic heterocycles. The molecule has 8 heteroatoms. The number of carbonyl (C=O) groups is 2. The van der Waals surface area contributed by atoms with Crippen molar-refractivity contribution in [2.45, 2.75) is 18.9 Å². The number of piperidine rings is 1. The number of hydrogen-bond acceptors (Lipinski definition) is 5. The highest BCUT2D eigenvalue weighted by atomic mass is 19.1. The van der Waals surface area contributed by atoms with Crippen molar-refractivity contribution in [1.82, 2.24) is 19.9 Å². The topological polar surface area (TPSA) is 79.5 Å². The lowest BCUT2D eigenvalue weighted by Crippen LogP contribution is -2.44. The maximum Gasteiger partial charge on any atom is 0.292 e. The van der Waals surface area contributed by atoms with Crippen LogP contribution in [0.25, 0.3) is 0 Å². The second-order valence-corrected chi connectivity index (χ2v) is 7.60. The van der Waals surface area contributed by atoms with Crippen LogP contribution in [0, 0.1) is 11.7 Å². The highest BCUT2D eigenvalue weighted by Crippen LogP contribution is 2.30. The number of amides is 2. The van der Waals surface area contributed by atoms with Crippen LogP contribution in [0.5, 0.6) is 0 Å². The van der Waals surface area contributed by atoms with Gasteiger partial charge in [-0.3, -0.25) is 14.6 Å². The largest absolute Gasteiger partial charge is 0.351 e. The lowest BCUT2D eigenvalue weighted by molar-refractivity contribution is -0.137. The first-order chi connectivity index (χ1) is 15.0. The average molecular weight is 422 g/mol. The summed E-state index contributed by atoms with van der Waals surface area (Å²) in [5.41, 5.74) is 1.50. The molecule has 0 N–H and O–H groups in total. The average Bonchev–Trinajstić information content (AvgIpc) is 3.35. The molecular formula is C23H23FN4O3. The molecular weight excluding hydrogens is 399 g/mol. The smallest absolute Gasteiger partial charge is 0.292 e. The zero-order valence-electron chi connectivity index (χ0n) is 17.1. The summed E-state index contributed by atoms with van der Waals surface area (Å²) in [6.07, 6.45) is 4.23. The molecule has 1 unspecified atom stereocenters. The molecule has 1 atom stereocenters. The lowest BCUT2D eigenvalue weighted by Gasteiger charge is -2.35. The van der Waals surface area contributed by atoms with Crippen molar-refractivity contribution < 1.29 is 18.5 Å². The number of likely N-dealkylation sites (tertiary alicyclic amines) is 1. The number of hydrogen-bond donors (Lipinski definition) is 0. The predicted octanol–water partition coefficient (Wildman–Crippen LogP) is 3.31. The quantitative estimate of drug-likeness (QED) is 0.630. The third-order valence-electron chi connectivity index (χ3n) is 5.67. The van der Waals surface area contributed by atoms with Crippen LogP contribution in [0.2, 0.25) is 0 Å². The maximum atomic E-state index is 13.5. The summed E-state index contributed by atoms with van der Waals surface area (Å²) in [6.45, 7) is 0.934. The first kappa shape index (κ1) is 20.7. The number of halogens is 1. The Morgan fingerprint density at radius 3 is 2.45 bits per heavy atom. The van der Waals surface area contributed by atoms with Crippen LogP contribution < -0.4 is 0 Å². The molecule has 160 valence electrons. The zero-order valence-corrected chi connectivity index (χ0v) is 17.1. The van der Waals surface area contributed by atoms with E-state index < -0.39 is 6.04 Å². The Balaban J connectivity index is 1.49. The Bertz CT molecular complexity index is 1020. The maximum absolute atomic E-state index is 13.5. The third kappa shape index (κ3) is 4.47. The van der Waals surface area contributed by atoms with Gasteiger partial charge in [-0.2, -0.15) is 0 Å². The third-order valence-corrected chi connectivity index (χ3v) is 5.67. The monoisotopic (exact) mass is 422 g/mol. The van der Waals surface area contributed by atoms with E-state index in [4.69, 9.17) is 4.52 Å².